The molecule has 1 saturated carbocycles. The lowest BCUT2D eigenvalue weighted by atomic mass is 9.95. The minimum Gasteiger partial charge on any atom is -0.480 e. The predicted molar refractivity (Wildman–Crippen MR) is 128 cm³/mol. The number of alkyl carbamates (subject to hydrolysis) is 1. The molecular formula is C27H32N2O5. The predicted octanol–water partition coefficient (Wildman–Crippen LogP) is 4.26. The van der Waals surface area contributed by atoms with Gasteiger partial charge in [-0.05, 0) is 46.4 Å². The topological polar surface area (TPSA) is 95.9 Å². The van der Waals surface area contributed by atoms with Gasteiger partial charge in [0.1, 0.15) is 19.2 Å². The molecule has 1 fully saturated rings. The number of rotatable bonds is 8. The minimum atomic E-state index is -1.08. The number of nitrogens with one attached hydrogen (secondary N) is 1. The van der Waals surface area contributed by atoms with Crippen molar-refractivity contribution in [2.24, 2.45) is 11.3 Å². The number of hydrogen-bond acceptors (Lipinski definition) is 4. The van der Waals surface area contributed by atoms with Crippen molar-refractivity contribution in [1.82, 2.24) is 10.2 Å². The molecule has 2 amide bonds. The monoisotopic (exact) mass is 464 g/mol. The zero-order chi connectivity index (χ0) is 24.5. The highest BCUT2D eigenvalue weighted by Crippen LogP contribution is 2.44. The Kier molecular flexibility index (Phi) is 6.64. The molecule has 2 aliphatic rings. The van der Waals surface area contributed by atoms with Gasteiger partial charge in [0.2, 0.25) is 5.91 Å². The summed E-state index contributed by atoms with van der Waals surface area (Å²) in [6, 6.07) is 15.4. The molecule has 0 spiro atoms. The van der Waals surface area contributed by atoms with Crippen molar-refractivity contribution in [3.63, 3.8) is 0 Å². The number of fused-ring (bicyclic) bond motifs is 3. The quantitative estimate of drug-likeness (QED) is 0.609. The van der Waals surface area contributed by atoms with Gasteiger partial charge in [-0.3, -0.25) is 9.59 Å². The molecule has 180 valence electrons. The Bertz CT molecular complexity index is 1040. The van der Waals surface area contributed by atoms with Crippen molar-refractivity contribution in [3.8, 4) is 11.1 Å². The molecule has 34 heavy (non-hydrogen) atoms. The molecule has 2 aromatic carbocycles. The summed E-state index contributed by atoms with van der Waals surface area (Å²) in [6.45, 7) is 5.88. The van der Waals surface area contributed by atoms with E-state index in [0.717, 1.165) is 35.1 Å². The van der Waals surface area contributed by atoms with E-state index in [1.165, 1.54) is 4.90 Å². The van der Waals surface area contributed by atoms with Gasteiger partial charge in [-0.25, -0.2) is 4.79 Å². The number of carboxylic acids is 1. The van der Waals surface area contributed by atoms with Crippen LogP contribution in [0.15, 0.2) is 48.5 Å². The Morgan fingerprint density at radius 1 is 1.03 bits per heavy atom. The number of carboxylic acid groups (broad SMARTS) is 1. The lowest BCUT2D eigenvalue weighted by molar-refractivity contribution is -0.146. The van der Waals surface area contributed by atoms with Gasteiger partial charge in [0.25, 0.3) is 0 Å². The summed E-state index contributed by atoms with van der Waals surface area (Å²) < 4.78 is 5.62. The number of hydrogen-bond donors (Lipinski definition) is 2. The molecule has 1 unspecified atom stereocenters. The maximum absolute atomic E-state index is 13.3. The third kappa shape index (κ3) is 5.41. The van der Waals surface area contributed by atoms with Crippen LogP contribution in [-0.4, -0.2) is 53.7 Å². The smallest absolute Gasteiger partial charge is 0.407 e. The highest BCUT2D eigenvalue weighted by molar-refractivity contribution is 5.89. The van der Waals surface area contributed by atoms with Gasteiger partial charge in [0.05, 0.1) is 0 Å². The Labute approximate surface area is 200 Å². The van der Waals surface area contributed by atoms with E-state index in [1.54, 1.807) is 0 Å². The molecule has 4 rings (SSSR count). The SMILES string of the molecule is CC(C)(C)CN(CC(=O)O)C(=O)C(NC(=O)OCC1c2ccccc2-c2ccccc21)C1CC1. The first kappa shape index (κ1) is 23.8. The fourth-order valence-electron chi connectivity index (χ4n) is 4.72. The fourth-order valence-corrected chi connectivity index (χ4v) is 4.72. The van der Waals surface area contributed by atoms with Crippen LogP contribution in [0.25, 0.3) is 11.1 Å². The van der Waals surface area contributed by atoms with E-state index in [1.807, 2.05) is 57.2 Å². The number of benzene rings is 2. The second-order valence-electron chi connectivity index (χ2n) is 10.4. The van der Waals surface area contributed by atoms with Crippen LogP contribution in [0.4, 0.5) is 4.79 Å². The molecule has 7 heteroatoms. The summed E-state index contributed by atoms with van der Waals surface area (Å²) in [5, 5.41) is 12.1. The Morgan fingerprint density at radius 3 is 2.09 bits per heavy atom. The van der Waals surface area contributed by atoms with Crippen molar-refractivity contribution in [2.75, 3.05) is 19.7 Å². The summed E-state index contributed by atoms with van der Waals surface area (Å²) in [5.74, 6) is -1.51. The van der Waals surface area contributed by atoms with Crippen molar-refractivity contribution in [3.05, 3.63) is 59.7 Å². The van der Waals surface area contributed by atoms with Crippen LogP contribution in [-0.2, 0) is 14.3 Å². The summed E-state index contributed by atoms with van der Waals surface area (Å²) in [5.41, 5.74) is 4.24. The van der Waals surface area contributed by atoms with E-state index in [-0.39, 0.29) is 36.3 Å². The Balaban J connectivity index is 1.44. The van der Waals surface area contributed by atoms with Gasteiger partial charge in [-0.15, -0.1) is 0 Å². The lowest BCUT2D eigenvalue weighted by Crippen LogP contribution is -2.53. The largest absolute Gasteiger partial charge is 0.480 e. The fraction of sp³-hybridized carbons (Fsp3) is 0.444. The first-order chi connectivity index (χ1) is 16.1. The van der Waals surface area contributed by atoms with Crippen LogP contribution >= 0.6 is 0 Å². The Morgan fingerprint density at radius 2 is 1.59 bits per heavy atom. The molecule has 0 aliphatic heterocycles. The van der Waals surface area contributed by atoms with Crippen molar-refractivity contribution < 1.29 is 24.2 Å². The number of aliphatic carboxylic acids is 1. The summed E-state index contributed by atoms with van der Waals surface area (Å²) in [4.78, 5) is 38.7. The van der Waals surface area contributed by atoms with E-state index < -0.39 is 24.6 Å². The zero-order valence-corrected chi connectivity index (χ0v) is 19.9. The Hall–Kier alpha value is -3.35. The van der Waals surface area contributed by atoms with E-state index in [0.29, 0.717) is 0 Å². The van der Waals surface area contributed by atoms with Gasteiger partial charge in [-0.1, -0.05) is 69.3 Å². The van der Waals surface area contributed by atoms with Gasteiger partial charge in [0, 0.05) is 12.5 Å². The second-order valence-corrected chi connectivity index (χ2v) is 10.4. The maximum Gasteiger partial charge on any atom is 0.407 e. The van der Waals surface area contributed by atoms with Crippen LogP contribution < -0.4 is 5.32 Å². The zero-order valence-electron chi connectivity index (χ0n) is 19.9. The molecule has 2 N–H and O–H groups in total. The van der Waals surface area contributed by atoms with E-state index in [9.17, 15) is 19.5 Å². The van der Waals surface area contributed by atoms with Crippen LogP contribution in [0.3, 0.4) is 0 Å². The average molecular weight is 465 g/mol. The first-order valence-corrected chi connectivity index (χ1v) is 11.8. The van der Waals surface area contributed by atoms with Gasteiger partial charge in [0.15, 0.2) is 0 Å². The molecule has 1 atom stereocenters. The van der Waals surface area contributed by atoms with E-state index in [2.05, 4.69) is 17.4 Å². The van der Waals surface area contributed by atoms with Crippen molar-refractivity contribution in [1.29, 1.82) is 0 Å². The highest BCUT2D eigenvalue weighted by atomic mass is 16.5. The number of nitrogens with zero attached hydrogens (tertiary/aromatic N) is 1. The van der Waals surface area contributed by atoms with Gasteiger partial charge >= 0.3 is 12.1 Å². The van der Waals surface area contributed by atoms with Gasteiger partial charge < -0.3 is 20.1 Å². The summed E-state index contributed by atoms with van der Waals surface area (Å²) in [6.07, 6.45) is 0.977. The molecule has 7 nitrogen and oxygen atoms in total. The molecule has 0 aromatic heterocycles. The first-order valence-electron chi connectivity index (χ1n) is 11.8. The normalized spacial score (nSPS) is 15.7. The molecular weight excluding hydrogens is 432 g/mol. The van der Waals surface area contributed by atoms with Crippen LogP contribution in [0.2, 0.25) is 0 Å². The molecule has 2 aliphatic carbocycles. The third-order valence-corrected chi connectivity index (χ3v) is 6.28. The van der Waals surface area contributed by atoms with E-state index in [4.69, 9.17) is 4.74 Å². The second kappa shape index (κ2) is 9.49. The maximum atomic E-state index is 13.3. The van der Waals surface area contributed by atoms with Crippen molar-refractivity contribution in [2.45, 2.75) is 45.6 Å². The average Bonchev–Trinajstić information content (AvgIpc) is 3.56. The molecule has 0 saturated heterocycles. The summed E-state index contributed by atoms with van der Waals surface area (Å²) in [7, 11) is 0. The third-order valence-electron chi connectivity index (χ3n) is 6.28. The van der Waals surface area contributed by atoms with Gasteiger partial charge in [-0.2, -0.15) is 0 Å². The minimum absolute atomic E-state index is 0.00393. The summed E-state index contributed by atoms with van der Waals surface area (Å²) >= 11 is 0. The number of ether oxygens (including phenoxy) is 1. The molecule has 0 heterocycles. The van der Waals surface area contributed by atoms with Crippen LogP contribution in [0.5, 0.6) is 0 Å². The van der Waals surface area contributed by atoms with Crippen molar-refractivity contribution >= 4 is 18.0 Å². The number of carbonyl (C=O) groups excluding carboxylic acids is 2. The number of carbonyl (C=O) groups is 3. The van der Waals surface area contributed by atoms with Crippen LogP contribution in [0.1, 0.15) is 50.7 Å². The lowest BCUT2D eigenvalue weighted by Gasteiger charge is -2.32. The highest BCUT2D eigenvalue weighted by Gasteiger charge is 2.41. The van der Waals surface area contributed by atoms with E-state index >= 15 is 0 Å². The molecule has 0 bridgehead atoms. The molecule has 0 radical (unpaired) electrons. The van der Waals surface area contributed by atoms with Crippen LogP contribution in [0, 0.1) is 11.3 Å². The molecule has 2 aromatic rings. The number of amides is 2. The standard InChI is InChI=1S/C27H32N2O5/c1-27(2,3)16-29(14-23(30)31)25(32)24(17-12-13-17)28-26(33)34-15-22-20-10-6-4-8-18(20)19-9-5-7-11-21(19)22/h4-11,17,22,24H,12-16H2,1-3H3,(H,28,33)(H,30,31).